The molecule has 0 saturated carbocycles. The minimum absolute atomic E-state index is 0.180. The number of ether oxygens (including phenoxy) is 4. The average molecular weight is 727 g/mol. The molecular weight excluding hydrogens is 646 g/mol. The van der Waals surface area contributed by atoms with Crippen LogP contribution in [-0.4, -0.2) is 87.4 Å². The molecule has 2 atom stereocenters. The van der Waals surface area contributed by atoms with Gasteiger partial charge in [0.05, 0.1) is 34.4 Å². The van der Waals surface area contributed by atoms with Crippen LogP contribution in [0.4, 0.5) is 0 Å². The molecule has 0 aliphatic carbocycles. The van der Waals surface area contributed by atoms with Crippen LogP contribution in [0.5, 0.6) is 0 Å². The Morgan fingerprint density at radius 1 is 0.569 bits per heavy atom. The summed E-state index contributed by atoms with van der Waals surface area (Å²) in [5.41, 5.74) is 0. The molecule has 0 amide bonds. The number of unbranched alkanes of at least 4 members (excludes halogenated alkanes) is 21. The van der Waals surface area contributed by atoms with Crippen molar-refractivity contribution in [2.45, 2.75) is 193 Å². The second-order valence-electron chi connectivity index (χ2n) is 15.3. The lowest BCUT2D eigenvalue weighted by atomic mass is 10.1. The summed E-state index contributed by atoms with van der Waals surface area (Å²) in [5, 5.41) is 9.60. The first-order valence-corrected chi connectivity index (χ1v) is 20.9. The van der Waals surface area contributed by atoms with E-state index in [1.54, 1.807) is 0 Å². The molecular formula is C42H80NO8+. The molecule has 2 unspecified atom stereocenters. The Bertz CT molecular complexity index is 856. The van der Waals surface area contributed by atoms with Crippen molar-refractivity contribution >= 4 is 17.9 Å². The highest BCUT2D eigenvalue weighted by atomic mass is 16.7. The quantitative estimate of drug-likeness (QED) is 0.0220. The van der Waals surface area contributed by atoms with E-state index < -0.39 is 24.3 Å². The van der Waals surface area contributed by atoms with E-state index in [0.29, 0.717) is 23.9 Å². The predicted octanol–water partition coefficient (Wildman–Crippen LogP) is 10.3. The Morgan fingerprint density at radius 2 is 1.00 bits per heavy atom. The Kier molecular flexibility index (Phi) is 33.7. The SMILES string of the molecule is CCCCCCCC/C=C\CCCCCCCC(=O)OC(COC(=O)CCCCCCCCCCCCC)COC(OCC[N+](C)(C)C)C(=O)O. The first-order chi connectivity index (χ1) is 24.6. The second kappa shape index (κ2) is 35.1. The third-order valence-electron chi connectivity index (χ3n) is 9.02. The molecule has 0 aliphatic heterocycles. The Morgan fingerprint density at radius 3 is 1.45 bits per heavy atom. The molecule has 9 heteroatoms. The second-order valence-corrected chi connectivity index (χ2v) is 15.3. The minimum Gasteiger partial charge on any atom is -0.477 e. The Hall–Kier alpha value is -1.97. The summed E-state index contributed by atoms with van der Waals surface area (Å²) in [6.45, 7) is 4.85. The number of likely N-dealkylation sites (N-methyl/N-ethyl adjacent to an activating group) is 1. The van der Waals surface area contributed by atoms with Gasteiger partial charge in [0.2, 0.25) is 0 Å². The number of quaternary nitrogens is 1. The first-order valence-electron chi connectivity index (χ1n) is 20.9. The smallest absolute Gasteiger partial charge is 0.361 e. The third-order valence-corrected chi connectivity index (χ3v) is 9.02. The highest BCUT2D eigenvalue weighted by Crippen LogP contribution is 2.14. The van der Waals surface area contributed by atoms with E-state index in [2.05, 4.69) is 26.0 Å². The van der Waals surface area contributed by atoms with Crippen LogP contribution in [0.2, 0.25) is 0 Å². The average Bonchev–Trinajstić information content (AvgIpc) is 3.08. The zero-order valence-electron chi connectivity index (χ0n) is 33.8. The van der Waals surface area contributed by atoms with E-state index in [1.807, 2.05) is 21.1 Å². The zero-order chi connectivity index (χ0) is 37.8. The largest absolute Gasteiger partial charge is 0.477 e. The number of hydrogen-bond acceptors (Lipinski definition) is 7. The van der Waals surface area contributed by atoms with Gasteiger partial charge in [-0.3, -0.25) is 9.59 Å². The van der Waals surface area contributed by atoms with E-state index in [0.717, 1.165) is 51.4 Å². The van der Waals surface area contributed by atoms with Crippen LogP contribution in [-0.2, 0) is 33.3 Å². The van der Waals surface area contributed by atoms with Crippen LogP contribution in [0.1, 0.15) is 181 Å². The van der Waals surface area contributed by atoms with Crippen molar-refractivity contribution in [3.05, 3.63) is 12.2 Å². The van der Waals surface area contributed by atoms with Gasteiger partial charge in [-0.15, -0.1) is 0 Å². The summed E-state index contributed by atoms with van der Waals surface area (Å²) in [6.07, 6.45) is 31.2. The number of aliphatic carboxylic acids is 1. The summed E-state index contributed by atoms with van der Waals surface area (Å²) in [5.74, 6) is -2.01. The van der Waals surface area contributed by atoms with Crippen LogP contribution >= 0.6 is 0 Å². The summed E-state index contributed by atoms with van der Waals surface area (Å²) in [4.78, 5) is 36.9. The van der Waals surface area contributed by atoms with Crippen molar-refractivity contribution in [3.63, 3.8) is 0 Å². The number of rotatable bonds is 38. The van der Waals surface area contributed by atoms with Crippen LogP contribution in [0.15, 0.2) is 12.2 Å². The molecule has 0 rings (SSSR count). The zero-order valence-corrected chi connectivity index (χ0v) is 33.8. The lowest BCUT2D eigenvalue weighted by molar-refractivity contribution is -0.870. The van der Waals surface area contributed by atoms with Gasteiger partial charge in [-0.2, -0.15) is 0 Å². The molecule has 300 valence electrons. The van der Waals surface area contributed by atoms with Gasteiger partial charge < -0.3 is 28.5 Å². The van der Waals surface area contributed by atoms with Gasteiger partial charge in [-0.1, -0.05) is 142 Å². The maximum Gasteiger partial charge on any atom is 0.361 e. The number of carboxylic acid groups (broad SMARTS) is 1. The molecule has 51 heavy (non-hydrogen) atoms. The van der Waals surface area contributed by atoms with E-state index >= 15 is 0 Å². The molecule has 0 aromatic heterocycles. The van der Waals surface area contributed by atoms with Gasteiger partial charge in [0.15, 0.2) is 6.10 Å². The number of esters is 2. The van der Waals surface area contributed by atoms with Crippen LogP contribution in [0.25, 0.3) is 0 Å². The van der Waals surface area contributed by atoms with Gasteiger partial charge in [-0.05, 0) is 38.5 Å². The molecule has 9 nitrogen and oxygen atoms in total. The fraction of sp³-hybridized carbons (Fsp3) is 0.881. The van der Waals surface area contributed by atoms with Gasteiger partial charge in [0.1, 0.15) is 13.2 Å². The number of nitrogens with zero attached hydrogens (tertiary/aromatic N) is 1. The monoisotopic (exact) mass is 727 g/mol. The molecule has 0 bridgehead atoms. The van der Waals surface area contributed by atoms with Crippen molar-refractivity contribution in [1.82, 2.24) is 0 Å². The molecule has 0 spiro atoms. The molecule has 0 aromatic rings. The summed E-state index contributed by atoms with van der Waals surface area (Å²) < 4.78 is 22.6. The molecule has 0 aromatic carbocycles. The lowest BCUT2D eigenvalue weighted by Crippen LogP contribution is -2.40. The Labute approximate surface area is 313 Å². The minimum atomic E-state index is -1.50. The van der Waals surface area contributed by atoms with Crippen molar-refractivity contribution in [2.24, 2.45) is 0 Å². The van der Waals surface area contributed by atoms with Crippen molar-refractivity contribution in [2.75, 3.05) is 47.5 Å². The van der Waals surface area contributed by atoms with Crippen LogP contribution in [0.3, 0.4) is 0 Å². The van der Waals surface area contributed by atoms with E-state index in [4.69, 9.17) is 18.9 Å². The highest BCUT2D eigenvalue weighted by molar-refractivity contribution is 5.71. The van der Waals surface area contributed by atoms with Crippen LogP contribution < -0.4 is 0 Å². The fourth-order valence-corrected chi connectivity index (χ4v) is 5.71. The van der Waals surface area contributed by atoms with E-state index in [1.165, 1.54) is 96.3 Å². The number of carbonyl (C=O) groups excluding carboxylic acids is 2. The third kappa shape index (κ3) is 36.2. The summed E-state index contributed by atoms with van der Waals surface area (Å²) >= 11 is 0. The maximum atomic E-state index is 12.7. The molecule has 0 saturated heterocycles. The molecule has 1 N–H and O–H groups in total. The summed E-state index contributed by atoms with van der Waals surface area (Å²) in [7, 11) is 5.95. The number of allylic oxidation sites excluding steroid dienone is 2. The number of carboxylic acids is 1. The Balaban J connectivity index is 4.49. The molecule has 0 aliphatic rings. The standard InChI is InChI=1S/C42H79NO8/c1-6-8-10-12-14-16-18-19-20-21-23-25-27-29-31-33-40(45)51-38(37-50-42(41(46)47)48-35-34-43(3,4)5)36-49-39(44)32-30-28-26-24-22-17-15-13-11-9-7-2/h19-20,38,42H,6-18,21-37H2,1-5H3/p+1/b20-19-. The van der Waals surface area contributed by atoms with Gasteiger partial charge >= 0.3 is 17.9 Å². The van der Waals surface area contributed by atoms with Gasteiger partial charge in [0, 0.05) is 12.8 Å². The molecule has 0 heterocycles. The fourth-order valence-electron chi connectivity index (χ4n) is 5.71. The van der Waals surface area contributed by atoms with Crippen molar-refractivity contribution in [1.29, 1.82) is 0 Å². The topological polar surface area (TPSA) is 108 Å². The predicted molar refractivity (Wildman–Crippen MR) is 208 cm³/mol. The van der Waals surface area contributed by atoms with Crippen LogP contribution in [0, 0.1) is 0 Å². The van der Waals surface area contributed by atoms with E-state index in [9.17, 15) is 19.5 Å². The molecule has 0 fully saturated rings. The normalized spacial score (nSPS) is 13.0. The number of hydrogen-bond donors (Lipinski definition) is 1. The van der Waals surface area contributed by atoms with Gasteiger partial charge in [-0.25, -0.2) is 4.79 Å². The highest BCUT2D eigenvalue weighted by Gasteiger charge is 2.25. The lowest BCUT2D eigenvalue weighted by Gasteiger charge is -2.25. The maximum absolute atomic E-state index is 12.7. The first kappa shape index (κ1) is 49.0. The van der Waals surface area contributed by atoms with Gasteiger partial charge in [0.25, 0.3) is 6.29 Å². The van der Waals surface area contributed by atoms with E-state index in [-0.39, 0.29) is 32.2 Å². The summed E-state index contributed by atoms with van der Waals surface area (Å²) in [6, 6.07) is 0. The van der Waals surface area contributed by atoms with Crippen molar-refractivity contribution in [3.8, 4) is 0 Å². The number of carbonyl (C=O) groups is 3. The van der Waals surface area contributed by atoms with Crippen molar-refractivity contribution < 1.29 is 42.9 Å². The molecule has 0 radical (unpaired) electrons.